The van der Waals surface area contributed by atoms with Crippen LogP contribution in [0.3, 0.4) is 0 Å². The predicted molar refractivity (Wildman–Crippen MR) is 109 cm³/mol. The van der Waals surface area contributed by atoms with Crippen molar-refractivity contribution in [2.45, 2.75) is 44.6 Å². The summed E-state index contributed by atoms with van der Waals surface area (Å²) in [6.45, 7) is 8.28. The molecule has 0 atom stereocenters. The second-order valence-corrected chi connectivity index (χ2v) is 9.45. The van der Waals surface area contributed by atoms with Gasteiger partial charge in [0.25, 0.3) is 10.0 Å². The maximum absolute atomic E-state index is 12.7. The van der Waals surface area contributed by atoms with Gasteiger partial charge in [-0.05, 0) is 75.2 Å². The van der Waals surface area contributed by atoms with E-state index in [9.17, 15) is 13.2 Å². The second kappa shape index (κ2) is 6.88. The van der Waals surface area contributed by atoms with E-state index in [1.165, 1.54) is 13.0 Å². The third-order valence-corrected chi connectivity index (χ3v) is 5.67. The molecule has 0 unspecified atom stereocenters. The molecule has 27 heavy (non-hydrogen) atoms. The van der Waals surface area contributed by atoms with E-state index in [-0.39, 0.29) is 16.3 Å². The number of hydrogen-bond donors (Lipinski definition) is 2. The summed E-state index contributed by atoms with van der Waals surface area (Å²) in [6, 6.07) is 12.0. The number of sulfonamides is 1. The third-order valence-electron chi connectivity index (χ3n) is 4.29. The lowest BCUT2D eigenvalue weighted by molar-refractivity contribution is -0.116. The van der Waals surface area contributed by atoms with E-state index >= 15 is 0 Å². The fourth-order valence-electron chi connectivity index (χ4n) is 3.14. The van der Waals surface area contributed by atoms with Crippen LogP contribution in [0, 0.1) is 0 Å². The van der Waals surface area contributed by atoms with Crippen molar-refractivity contribution in [3.63, 3.8) is 0 Å². The van der Waals surface area contributed by atoms with Gasteiger partial charge in [0.15, 0.2) is 0 Å². The van der Waals surface area contributed by atoms with Crippen molar-refractivity contribution in [1.29, 1.82) is 0 Å². The number of carbonyl (C=O) groups excluding carboxylic acids is 1. The minimum atomic E-state index is -3.69. The topological polar surface area (TPSA) is 78.5 Å². The van der Waals surface area contributed by atoms with E-state index in [2.05, 4.69) is 30.8 Å². The summed E-state index contributed by atoms with van der Waals surface area (Å²) >= 11 is 0. The van der Waals surface area contributed by atoms with Crippen molar-refractivity contribution in [1.82, 2.24) is 0 Å². The molecule has 0 aliphatic carbocycles. The quantitative estimate of drug-likeness (QED) is 0.840. The molecule has 1 amide bonds. The van der Waals surface area contributed by atoms with Crippen LogP contribution in [-0.2, 0) is 21.2 Å². The van der Waals surface area contributed by atoms with Gasteiger partial charge in [-0.1, -0.05) is 0 Å². The standard InChI is InChI=1S/C20H25N3O3S/c1-14(24)23-12-11-15-13-18(9-10-19(15)23)27(25,26)22-17-7-5-16(6-8-17)21-20(2,3)4/h5-10,13,21-22H,11-12H2,1-4H3. The molecular weight excluding hydrogens is 362 g/mol. The van der Waals surface area contributed by atoms with Crippen molar-refractivity contribution in [3.8, 4) is 0 Å². The smallest absolute Gasteiger partial charge is 0.261 e. The van der Waals surface area contributed by atoms with E-state index in [1.807, 2.05) is 12.1 Å². The molecule has 0 fully saturated rings. The largest absolute Gasteiger partial charge is 0.380 e. The molecule has 1 aliphatic rings. The van der Waals surface area contributed by atoms with Crippen LogP contribution in [0.25, 0.3) is 0 Å². The minimum absolute atomic E-state index is 0.0357. The van der Waals surface area contributed by atoms with Crippen LogP contribution in [0.15, 0.2) is 47.4 Å². The maximum atomic E-state index is 12.7. The summed E-state index contributed by atoms with van der Waals surface area (Å²) in [6.07, 6.45) is 0.658. The van der Waals surface area contributed by atoms with Crippen molar-refractivity contribution in [3.05, 3.63) is 48.0 Å². The minimum Gasteiger partial charge on any atom is -0.380 e. The average Bonchev–Trinajstić information content (AvgIpc) is 2.98. The summed E-state index contributed by atoms with van der Waals surface area (Å²) in [5.41, 5.74) is 3.02. The number of hydrogen-bond acceptors (Lipinski definition) is 4. The van der Waals surface area contributed by atoms with Crippen molar-refractivity contribution < 1.29 is 13.2 Å². The average molecular weight is 388 g/mol. The molecule has 6 nitrogen and oxygen atoms in total. The zero-order valence-corrected chi connectivity index (χ0v) is 16.9. The Morgan fingerprint density at radius 1 is 1.04 bits per heavy atom. The lowest BCUT2D eigenvalue weighted by Crippen LogP contribution is -2.26. The highest BCUT2D eigenvalue weighted by molar-refractivity contribution is 7.92. The van der Waals surface area contributed by atoms with E-state index in [4.69, 9.17) is 0 Å². The maximum Gasteiger partial charge on any atom is 0.261 e. The fourth-order valence-corrected chi connectivity index (χ4v) is 4.25. The molecule has 1 aliphatic heterocycles. The number of anilines is 3. The molecule has 144 valence electrons. The number of rotatable bonds is 4. The van der Waals surface area contributed by atoms with E-state index < -0.39 is 10.0 Å². The van der Waals surface area contributed by atoms with Gasteiger partial charge in [0.2, 0.25) is 5.91 Å². The summed E-state index contributed by atoms with van der Waals surface area (Å²) in [4.78, 5) is 13.5. The molecule has 0 aromatic heterocycles. The Hall–Kier alpha value is -2.54. The van der Waals surface area contributed by atoms with Gasteiger partial charge >= 0.3 is 0 Å². The van der Waals surface area contributed by atoms with Crippen LogP contribution < -0.4 is 14.9 Å². The van der Waals surface area contributed by atoms with E-state index in [1.54, 1.807) is 29.2 Å². The molecule has 2 N–H and O–H groups in total. The molecular formula is C20H25N3O3S. The van der Waals surface area contributed by atoms with Gasteiger partial charge in [-0.3, -0.25) is 9.52 Å². The Kier molecular flexibility index (Phi) is 4.90. The van der Waals surface area contributed by atoms with Crippen LogP contribution in [0.4, 0.5) is 17.1 Å². The van der Waals surface area contributed by atoms with Crippen molar-refractivity contribution >= 4 is 33.0 Å². The molecule has 1 heterocycles. The summed E-state index contributed by atoms with van der Waals surface area (Å²) in [7, 11) is -3.69. The van der Waals surface area contributed by atoms with E-state index in [0.717, 1.165) is 16.9 Å². The summed E-state index contributed by atoms with van der Waals surface area (Å²) in [5.74, 6) is -0.0357. The first kappa shape index (κ1) is 19.2. The first-order valence-corrected chi connectivity index (χ1v) is 10.4. The zero-order chi connectivity index (χ0) is 19.8. The first-order chi connectivity index (χ1) is 12.5. The highest BCUT2D eigenvalue weighted by Gasteiger charge is 2.24. The van der Waals surface area contributed by atoms with Crippen LogP contribution in [-0.4, -0.2) is 26.4 Å². The van der Waals surface area contributed by atoms with Gasteiger partial charge in [-0.15, -0.1) is 0 Å². The van der Waals surface area contributed by atoms with Gasteiger partial charge in [0, 0.05) is 36.1 Å². The van der Waals surface area contributed by atoms with Gasteiger partial charge in [0.05, 0.1) is 4.90 Å². The second-order valence-electron chi connectivity index (χ2n) is 7.77. The molecule has 0 radical (unpaired) electrons. The number of carbonyl (C=O) groups is 1. The number of nitrogens with zero attached hydrogens (tertiary/aromatic N) is 1. The van der Waals surface area contributed by atoms with Gasteiger partial charge in [-0.2, -0.15) is 0 Å². The summed E-state index contributed by atoms with van der Waals surface area (Å²) < 4.78 is 28.1. The lowest BCUT2D eigenvalue weighted by atomic mass is 10.1. The van der Waals surface area contributed by atoms with E-state index in [0.29, 0.717) is 18.7 Å². The SMILES string of the molecule is CC(=O)N1CCc2cc(S(=O)(=O)Nc3ccc(NC(C)(C)C)cc3)ccc21. The highest BCUT2D eigenvalue weighted by atomic mass is 32.2. The lowest BCUT2D eigenvalue weighted by Gasteiger charge is -2.22. The van der Waals surface area contributed by atoms with Crippen molar-refractivity contribution in [2.24, 2.45) is 0 Å². The van der Waals surface area contributed by atoms with Gasteiger partial charge in [-0.25, -0.2) is 8.42 Å². The molecule has 2 aromatic rings. The van der Waals surface area contributed by atoms with Gasteiger partial charge in [0.1, 0.15) is 0 Å². The molecule has 0 saturated carbocycles. The molecule has 2 aromatic carbocycles. The van der Waals surface area contributed by atoms with Crippen molar-refractivity contribution in [2.75, 3.05) is 21.5 Å². The normalized spacial score (nSPS) is 14.0. The fraction of sp³-hybridized carbons (Fsp3) is 0.350. The highest BCUT2D eigenvalue weighted by Crippen LogP contribution is 2.31. The molecule has 0 spiro atoms. The van der Waals surface area contributed by atoms with Crippen LogP contribution >= 0.6 is 0 Å². The summed E-state index contributed by atoms with van der Waals surface area (Å²) in [5, 5.41) is 3.33. The third kappa shape index (κ3) is 4.42. The molecule has 7 heteroatoms. The zero-order valence-electron chi connectivity index (χ0n) is 16.0. The Morgan fingerprint density at radius 2 is 1.67 bits per heavy atom. The molecule has 3 rings (SSSR count). The Balaban J connectivity index is 1.79. The number of fused-ring (bicyclic) bond motifs is 1. The predicted octanol–water partition coefficient (Wildman–Crippen LogP) is 3.61. The number of nitrogens with one attached hydrogen (secondary N) is 2. The Morgan fingerprint density at radius 3 is 2.26 bits per heavy atom. The molecule has 0 saturated heterocycles. The number of amides is 1. The number of benzene rings is 2. The Bertz CT molecular complexity index is 961. The molecule has 0 bridgehead atoms. The van der Waals surface area contributed by atoms with Crippen LogP contribution in [0.5, 0.6) is 0 Å². The monoisotopic (exact) mass is 387 g/mol. The van der Waals surface area contributed by atoms with Crippen LogP contribution in [0.1, 0.15) is 33.3 Å². The van der Waals surface area contributed by atoms with Crippen LogP contribution in [0.2, 0.25) is 0 Å². The first-order valence-electron chi connectivity index (χ1n) is 8.87. The van der Waals surface area contributed by atoms with Gasteiger partial charge < -0.3 is 10.2 Å². The Labute approximate surface area is 160 Å².